The van der Waals surface area contributed by atoms with Crippen molar-refractivity contribution in [3.05, 3.63) is 28.3 Å². The summed E-state index contributed by atoms with van der Waals surface area (Å²) in [4.78, 5) is 10.0. The fourth-order valence-corrected chi connectivity index (χ4v) is 1.11. The zero-order chi connectivity index (χ0) is 12.0. The predicted molar refractivity (Wildman–Crippen MR) is 58.6 cm³/mol. The lowest BCUT2D eigenvalue weighted by atomic mass is 10.3. The van der Waals surface area contributed by atoms with Gasteiger partial charge in [-0.15, -0.1) is 12.3 Å². The van der Waals surface area contributed by atoms with Crippen LogP contribution in [0.25, 0.3) is 0 Å². The molecule has 16 heavy (non-hydrogen) atoms. The van der Waals surface area contributed by atoms with Crippen LogP contribution >= 0.6 is 0 Å². The van der Waals surface area contributed by atoms with Gasteiger partial charge in [0.05, 0.1) is 24.7 Å². The molecule has 1 aromatic carbocycles. The van der Waals surface area contributed by atoms with E-state index in [1.165, 1.54) is 25.3 Å². The first-order chi connectivity index (χ1) is 7.69. The fraction of sp³-hybridized carbons (Fsp3) is 0.273. The third-order valence-corrected chi connectivity index (χ3v) is 1.86. The van der Waals surface area contributed by atoms with Crippen LogP contribution in [-0.4, -0.2) is 18.6 Å². The van der Waals surface area contributed by atoms with Crippen LogP contribution in [0.3, 0.4) is 0 Å². The number of terminal acetylenes is 1. The molecule has 0 bridgehead atoms. The van der Waals surface area contributed by atoms with Crippen molar-refractivity contribution in [2.45, 2.75) is 6.42 Å². The highest BCUT2D eigenvalue weighted by Gasteiger charge is 2.11. The Morgan fingerprint density at radius 2 is 2.25 bits per heavy atom. The van der Waals surface area contributed by atoms with Gasteiger partial charge in [-0.05, 0) is 6.07 Å². The Bertz CT molecular complexity index is 422. The minimum atomic E-state index is -0.492. The molecule has 5 heteroatoms. The summed E-state index contributed by atoms with van der Waals surface area (Å²) < 4.78 is 10.3. The number of benzene rings is 1. The van der Waals surface area contributed by atoms with Crippen LogP contribution in [0.2, 0.25) is 0 Å². The summed E-state index contributed by atoms with van der Waals surface area (Å²) in [6.45, 7) is 0.352. The summed E-state index contributed by atoms with van der Waals surface area (Å²) in [7, 11) is 1.42. The van der Waals surface area contributed by atoms with Crippen LogP contribution < -0.4 is 9.47 Å². The number of rotatable bonds is 5. The van der Waals surface area contributed by atoms with Gasteiger partial charge in [-0.2, -0.15) is 0 Å². The summed E-state index contributed by atoms with van der Waals surface area (Å²) in [5.41, 5.74) is -0.0406. The number of nitro benzene ring substituents is 1. The van der Waals surface area contributed by atoms with Gasteiger partial charge in [0.1, 0.15) is 0 Å². The molecule has 0 aromatic heterocycles. The average Bonchev–Trinajstić information content (AvgIpc) is 2.29. The maximum absolute atomic E-state index is 10.5. The van der Waals surface area contributed by atoms with Gasteiger partial charge in [0.15, 0.2) is 11.5 Å². The second kappa shape index (κ2) is 5.61. The Labute approximate surface area is 93.1 Å². The third-order valence-electron chi connectivity index (χ3n) is 1.86. The second-order valence-corrected chi connectivity index (χ2v) is 2.89. The number of hydrogen-bond donors (Lipinski definition) is 0. The molecule has 0 saturated carbocycles. The maximum atomic E-state index is 10.5. The van der Waals surface area contributed by atoms with Crippen LogP contribution in [0.15, 0.2) is 18.2 Å². The number of ether oxygens (including phenoxy) is 2. The van der Waals surface area contributed by atoms with Crippen molar-refractivity contribution in [2.24, 2.45) is 0 Å². The first-order valence-corrected chi connectivity index (χ1v) is 4.57. The van der Waals surface area contributed by atoms with Gasteiger partial charge < -0.3 is 9.47 Å². The molecule has 84 valence electrons. The molecule has 0 spiro atoms. The molecule has 0 aliphatic heterocycles. The summed E-state index contributed by atoms with van der Waals surface area (Å²) in [6, 6.07) is 4.16. The molecule has 1 aromatic rings. The zero-order valence-electron chi connectivity index (χ0n) is 8.80. The normalized spacial score (nSPS) is 9.25. The van der Waals surface area contributed by atoms with E-state index in [-0.39, 0.29) is 5.69 Å². The summed E-state index contributed by atoms with van der Waals surface area (Å²) in [5.74, 6) is 3.20. The Balaban J connectivity index is 2.85. The number of nitro groups is 1. The van der Waals surface area contributed by atoms with Crippen LogP contribution in [0.4, 0.5) is 5.69 Å². The number of nitrogens with zero attached hydrogens (tertiary/aromatic N) is 1. The van der Waals surface area contributed by atoms with Crippen molar-refractivity contribution in [2.75, 3.05) is 13.7 Å². The standard InChI is InChI=1S/C11H11NO4/c1-3-4-7-16-10-6-5-9(12(13)14)8-11(10)15-2/h1,5-6,8H,4,7H2,2H3. The molecule has 0 radical (unpaired) electrons. The van der Waals surface area contributed by atoms with Crippen molar-refractivity contribution < 1.29 is 14.4 Å². The van der Waals surface area contributed by atoms with Gasteiger partial charge in [-0.3, -0.25) is 10.1 Å². The van der Waals surface area contributed by atoms with Gasteiger partial charge in [-0.1, -0.05) is 0 Å². The Hall–Kier alpha value is -2.22. The Morgan fingerprint density at radius 1 is 1.50 bits per heavy atom. The summed E-state index contributed by atoms with van der Waals surface area (Å²) in [5, 5.41) is 10.5. The SMILES string of the molecule is C#CCCOc1ccc([N+](=O)[O-])cc1OC. The molecule has 5 nitrogen and oxygen atoms in total. The molecule has 0 heterocycles. The number of non-ortho nitro benzene ring substituents is 1. The van der Waals surface area contributed by atoms with Gasteiger partial charge in [0.2, 0.25) is 0 Å². The highest BCUT2D eigenvalue weighted by atomic mass is 16.6. The molecule has 0 amide bonds. The van der Waals surface area contributed by atoms with E-state index in [1.54, 1.807) is 0 Å². The van der Waals surface area contributed by atoms with E-state index in [2.05, 4.69) is 5.92 Å². The lowest BCUT2D eigenvalue weighted by molar-refractivity contribution is -0.384. The van der Waals surface area contributed by atoms with Crippen molar-refractivity contribution in [3.63, 3.8) is 0 Å². The zero-order valence-corrected chi connectivity index (χ0v) is 8.80. The number of hydrogen-bond acceptors (Lipinski definition) is 4. The molecule has 0 aliphatic rings. The van der Waals surface area contributed by atoms with E-state index in [1.807, 2.05) is 0 Å². The molecule has 0 aliphatic carbocycles. The molecular weight excluding hydrogens is 210 g/mol. The van der Waals surface area contributed by atoms with Gasteiger partial charge in [-0.25, -0.2) is 0 Å². The third kappa shape index (κ3) is 2.89. The van der Waals surface area contributed by atoms with Crippen LogP contribution in [0.1, 0.15) is 6.42 Å². The quantitative estimate of drug-likeness (QED) is 0.330. The number of methoxy groups -OCH3 is 1. The minimum Gasteiger partial charge on any atom is -0.493 e. The first kappa shape index (κ1) is 11.9. The summed E-state index contributed by atoms with van der Waals surface area (Å²) >= 11 is 0. The highest BCUT2D eigenvalue weighted by Crippen LogP contribution is 2.30. The van der Waals surface area contributed by atoms with E-state index < -0.39 is 4.92 Å². The molecule has 0 fully saturated rings. The van der Waals surface area contributed by atoms with E-state index in [0.29, 0.717) is 24.5 Å². The van der Waals surface area contributed by atoms with E-state index in [9.17, 15) is 10.1 Å². The molecule has 1 rings (SSSR count). The van der Waals surface area contributed by atoms with E-state index >= 15 is 0 Å². The highest BCUT2D eigenvalue weighted by molar-refractivity contribution is 5.48. The van der Waals surface area contributed by atoms with Crippen LogP contribution in [0.5, 0.6) is 11.5 Å². The topological polar surface area (TPSA) is 61.6 Å². The van der Waals surface area contributed by atoms with Crippen molar-refractivity contribution in [1.29, 1.82) is 0 Å². The molecular formula is C11H11NO4. The molecule has 0 atom stereocenters. The fourth-order valence-electron chi connectivity index (χ4n) is 1.11. The molecule has 0 N–H and O–H groups in total. The van der Waals surface area contributed by atoms with Gasteiger partial charge in [0.25, 0.3) is 5.69 Å². The maximum Gasteiger partial charge on any atom is 0.273 e. The largest absolute Gasteiger partial charge is 0.493 e. The summed E-state index contributed by atoms with van der Waals surface area (Å²) in [6.07, 6.45) is 5.55. The van der Waals surface area contributed by atoms with Crippen LogP contribution in [-0.2, 0) is 0 Å². The lowest BCUT2D eigenvalue weighted by Gasteiger charge is -2.08. The average molecular weight is 221 g/mol. The van der Waals surface area contributed by atoms with Crippen molar-refractivity contribution in [3.8, 4) is 23.8 Å². The molecule has 0 saturated heterocycles. The Morgan fingerprint density at radius 3 is 2.81 bits per heavy atom. The smallest absolute Gasteiger partial charge is 0.273 e. The predicted octanol–water partition coefficient (Wildman–Crippen LogP) is 2.01. The van der Waals surface area contributed by atoms with E-state index in [0.717, 1.165) is 0 Å². The molecule has 0 unspecified atom stereocenters. The van der Waals surface area contributed by atoms with Crippen LogP contribution in [0, 0.1) is 22.5 Å². The van der Waals surface area contributed by atoms with Gasteiger partial charge in [0, 0.05) is 12.5 Å². The Kier molecular flexibility index (Phi) is 4.16. The second-order valence-electron chi connectivity index (χ2n) is 2.89. The minimum absolute atomic E-state index is 0.0406. The first-order valence-electron chi connectivity index (χ1n) is 4.57. The van der Waals surface area contributed by atoms with Crippen molar-refractivity contribution >= 4 is 5.69 Å². The monoisotopic (exact) mass is 221 g/mol. The lowest BCUT2D eigenvalue weighted by Crippen LogP contribution is -1.99. The van der Waals surface area contributed by atoms with E-state index in [4.69, 9.17) is 15.9 Å². The van der Waals surface area contributed by atoms with Gasteiger partial charge >= 0.3 is 0 Å². The van der Waals surface area contributed by atoms with Crippen molar-refractivity contribution in [1.82, 2.24) is 0 Å².